The molecule has 0 N–H and O–H groups in total. The number of hydrogen-bond acceptors (Lipinski definition) is 2. The predicted octanol–water partition coefficient (Wildman–Crippen LogP) is 5.23. The lowest BCUT2D eigenvalue weighted by Gasteiger charge is -2.29. The van der Waals surface area contributed by atoms with E-state index in [0.717, 1.165) is 24.8 Å². The Balaban J connectivity index is 1.74. The monoisotopic (exact) mass is 304 g/mol. The van der Waals surface area contributed by atoms with E-state index in [9.17, 15) is 4.39 Å². The molecule has 1 aliphatic heterocycles. The molecule has 2 nitrogen and oxygen atoms in total. The summed E-state index contributed by atoms with van der Waals surface area (Å²) in [6, 6.07) is 3.73. The molecule has 0 saturated heterocycles. The van der Waals surface area contributed by atoms with Crippen LogP contribution in [0.1, 0.15) is 57.4 Å². The zero-order valence-electron chi connectivity index (χ0n) is 13.5. The lowest BCUT2D eigenvalue weighted by atomic mass is 9.77. The first-order chi connectivity index (χ1) is 10.7. The summed E-state index contributed by atoms with van der Waals surface area (Å²) in [4.78, 5) is 0. The summed E-state index contributed by atoms with van der Waals surface area (Å²) >= 11 is 0. The molecule has 3 heteroatoms. The van der Waals surface area contributed by atoms with Crippen LogP contribution in [0.2, 0.25) is 0 Å². The maximum atomic E-state index is 14.5. The molecule has 120 valence electrons. The van der Waals surface area contributed by atoms with E-state index in [2.05, 4.69) is 19.1 Å². The molecule has 3 rings (SSSR count). The minimum absolute atomic E-state index is 0.117. The molecule has 1 heterocycles. The molecular formula is C19H25FO2. The lowest BCUT2D eigenvalue weighted by Crippen LogP contribution is -2.27. The van der Waals surface area contributed by atoms with Crippen LogP contribution >= 0.6 is 0 Å². The molecule has 0 bridgehead atoms. The highest BCUT2D eigenvalue weighted by atomic mass is 19.1. The number of hydrogen-bond donors (Lipinski definition) is 0. The second-order valence-electron chi connectivity index (χ2n) is 6.28. The maximum absolute atomic E-state index is 14.5. The molecule has 0 radical (unpaired) electrons. The van der Waals surface area contributed by atoms with Gasteiger partial charge in [-0.15, -0.1) is 0 Å². The van der Waals surface area contributed by atoms with E-state index in [1.165, 1.54) is 12.8 Å². The molecular weight excluding hydrogens is 279 g/mol. The fraction of sp³-hybridized carbons (Fsp3) is 0.579. The predicted molar refractivity (Wildman–Crippen MR) is 86.1 cm³/mol. The Bertz CT molecular complexity index is 553. The Labute approximate surface area is 132 Å². The maximum Gasteiger partial charge on any atom is 0.207 e. The first-order valence-electron chi connectivity index (χ1n) is 8.53. The molecule has 1 aromatic rings. The van der Waals surface area contributed by atoms with E-state index in [0.29, 0.717) is 29.9 Å². The smallest absolute Gasteiger partial charge is 0.207 e. The van der Waals surface area contributed by atoms with Gasteiger partial charge in [-0.2, -0.15) is 4.39 Å². The second kappa shape index (κ2) is 6.72. The molecule has 3 atom stereocenters. The van der Waals surface area contributed by atoms with E-state index in [-0.39, 0.29) is 11.9 Å². The number of allylic oxidation sites excluding steroid dienone is 2. The number of halogens is 1. The van der Waals surface area contributed by atoms with Gasteiger partial charge in [-0.1, -0.05) is 31.6 Å². The molecule has 1 aliphatic carbocycles. The van der Waals surface area contributed by atoms with Crippen molar-refractivity contribution in [3.63, 3.8) is 0 Å². The van der Waals surface area contributed by atoms with E-state index >= 15 is 0 Å². The van der Waals surface area contributed by atoms with Gasteiger partial charge in [0.25, 0.3) is 0 Å². The molecule has 22 heavy (non-hydrogen) atoms. The van der Waals surface area contributed by atoms with Gasteiger partial charge in [-0.05, 0) is 44.6 Å². The van der Waals surface area contributed by atoms with Crippen LogP contribution in [-0.4, -0.2) is 12.7 Å². The van der Waals surface area contributed by atoms with Crippen LogP contribution in [0.15, 0.2) is 24.3 Å². The van der Waals surface area contributed by atoms with Crippen LogP contribution < -0.4 is 9.47 Å². The van der Waals surface area contributed by atoms with Gasteiger partial charge >= 0.3 is 0 Å². The van der Waals surface area contributed by atoms with Crippen LogP contribution in [0, 0.1) is 11.7 Å². The molecule has 2 aliphatic rings. The lowest BCUT2D eigenvalue weighted by molar-refractivity contribution is 0.139. The van der Waals surface area contributed by atoms with Crippen molar-refractivity contribution in [1.29, 1.82) is 0 Å². The van der Waals surface area contributed by atoms with Gasteiger partial charge in [0.05, 0.1) is 6.61 Å². The molecule has 0 spiro atoms. The first-order valence-corrected chi connectivity index (χ1v) is 8.53. The van der Waals surface area contributed by atoms with Crippen LogP contribution in [0.5, 0.6) is 11.5 Å². The van der Waals surface area contributed by atoms with Crippen molar-refractivity contribution in [1.82, 2.24) is 0 Å². The van der Waals surface area contributed by atoms with Gasteiger partial charge < -0.3 is 9.47 Å². The SMILES string of the molecule is CCC/C=C\C1CC[C@H]2c3ccc(OCC)c(F)c3OC2C1. The average Bonchev–Trinajstić information content (AvgIpc) is 2.89. The van der Waals surface area contributed by atoms with Gasteiger partial charge in [-0.3, -0.25) is 0 Å². The third-order valence-electron chi connectivity index (χ3n) is 4.76. The highest BCUT2D eigenvalue weighted by Crippen LogP contribution is 2.49. The fourth-order valence-corrected chi connectivity index (χ4v) is 3.66. The summed E-state index contributed by atoms with van der Waals surface area (Å²) in [7, 11) is 0. The third-order valence-corrected chi connectivity index (χ3v) is 4.76. The molecule has 1 fully saturated rings. The van der Waals surface area contributed by atoms with Crippen LogP contribution in [0.3, 0.4) is 0 Å². The van der Waals surface area contributed by atoms with Gasteiger partial charge in [0.1, 0.15) is 6.10 Å². The van der Waals surface area contributed by atoms with Crippen molar-refractivity contribution in [3.05, 3.63) is 35.7 Å². The van der Waals surface area contributed by atoms with Gasteiger partial charge in [0, 0.05) is 11.5 Å². The van der Waals surface area contributed by atoms with Crippen molar-refractivity contribution in [2.45, 2.75) is 58.0 Å². The Morgan fingerprint density at radius 1 is 1.32 bits per heavy atom. The zero-order valence-corrected chi connectivity index (χ0v) is 13.5. The number of rotatable bonds is 5. The fourth-order valence-electron chi connectivity index (χ4n) is 3.66. The summed E-state index contributed by atoms with van der Waals surface area (Å²) < 4.78 is 25.8. The van der Waals surface area contributed by atoms with Crippen molar-refractivity contribution in [3.8, 4) is 11.5 Å². The summed E-state index contributed by atoms with van der Waals surface area (Å²) in [5.41, 5.74) is 1.03. The molecule has 1 aromatic carbocycles. The topological polar surface area (TPSA) is 18.5 Å². The van der Waals surface area contributed by atoms with E-state index in [1.807, 2.05) is 13.0 Å². The first kappa shape index (κ1) is 15.4. The quantitative estimate of drug-likeness (QED) is 0.694. The van der Waals surface area contributed by atoms with Crippen molar-refractivity contribution >= 4 is 0 Å². The Kier molecular flexibility index (Phi) is 4.70. The van der Waals surface area contributed by atoms with Crippen molar-refractivity contribution < 1.29 is 13.9 Å². The van der Waals surface area contributed by atoms with Crippen LogP contribution in [0.25, 0.3) is 0 Å². The van der Waals surface area contributed by atoms with Gasteiger partial charge in [0.2, 0.25) is 5.82 Å². The van der Waals surface area contributed by atoms with Gasteiger partial charge in [-0.25, -0.2) is 0 Å². The third kappa shape index (κ3) is 2.86. The highest BCUT2D eigenvalue weighted by Gasteiger charge is 2.40. The summed E-state index contributed by atoms with van der Waals surface area (Å²) in [5, 5.41) is 0. The summed E-state index contributed by atoms with van der Waals surface area (Å²) in [6.45, 7) is 4.52. The second-order valence-corrected chi connectivity index (χ2v) is 6.28. The largest absolute Gasteiger partial charge is 0.491 e. The number of ether oxygens (including phenoxy) is 2. The minimum atomic E-state index is -0.327. The molecule has 0 aromatic heterocycles. The summed E-state index contributed by atoms with van der Waals surface area (Å²) in [6.07, 6.45) is 10.3. The Hall–Kier alpha value is -1.51. The molecule has 1 saturated carbocycles. The standard InChI is InChI=1S/C19H25FO2/c1-3-5-6-7-13-8-9-14-15-10-11-16(21-4-2)18(20)19(15)22-17(14)12-13/h6-7,10-11,13-14,17H,3-5,8-9,12H2,1-2H3/b7-6-/t13?,14-,17?/m0/s1. The highest BCUT2D eigenvalue weighted by molar-refractivity contribution is 5.48. The Morgan fingerprint density at radius 2 is 2.18 bits per heavy atom. The van der Waals surface area contributed by atoms with Gasteiger partial charge in [0.15, 0.2) is 11.5 Å². The van der Waals surface area contributed by atoms with Crippen LogP contribution in [0.4, 0.5) is 4.39 Å². The minimum Gasteiger partial charge on any atom is -0.491 e. The zero-order chi connectivity index (χ0) is 15.5. The molecule has 2 unspecified atom stereocenters. The van der Waals surface area contributed by atoms with E-state index < -0.39 is 0 Å². The van der Waals surface area contributed by atoms with Crippen molar-refractivity contribution in [2.24, 2.45) is 5.92 Å². The van der Waals surface area contributed by atoms with Crippen LogP contribution in [-0.2, 0) is 0 Å². The Morgan fingerprint density at radius 3 is 2.95 bits per heavy atom. The van der Waals surface area contributed by atoms with Crippen molar-refractivity contribution in [2.75, 3.05) is 6.61 Å². The summed E-state index contributed by atoms with van der Waals surface area (Å²) in [5.74, 6) is 1.32. The van der Waals surface area contributed by atoms with E-state index in [4.69, 9.17) is 9.47 Å². The molecule has 0 amide bonds. The number of unbranched alkanes of at least 4 members (excludes halogenated alkanes) is 1. The number of benzene rings is 1. The normalized spacial score (nSPS) is 26.6. The number of fused-ring (bicyclic) bond motifs is 3. The average molecular weight is 304 g/mol. The van der Waals surface area contributed by atoms with E-state index in [1.54, 1.807) is 6.07 Å².